The molecule has 0 radical (unpaired) electrons. The van der Waals surface area contributed by atoms with E-state index in [4.69, 9.17) is 4.74 Å². The minimum Gasteiger partial charge on any atom is -0.444 e. The highest BCUT2D eigenvalue weighted by Crippen LogP contribution is 2.25. The highest BCUT2D eigenvalue weighted by Gasteiger charge is 2.46. The summed E-state index contributed by atoms with van der Waals surface area (Å²) in [5.41, 5.74) is -1.07. The van der Waals surface area contributed by atoms with Crippen molar-refractivity contribution in [2.24, 2.45) is 0 Å². The number of aromatic nitrogens is 1. The average molecular weight is 357 g/mol. The Morgan fingerprint density at radius 3 is 2.65 bits per heavy atom. The Balaban J connectivity index is 1.85. The number of rotatable bonds is 3. The zero-order valence-corrected chi connectivity index (χ0v) is 15.2. The van der Waals surface area contributed by atoms with Crippen molar-refractivity contribution < 1.29 is 19.1 Å². The highest BCUT2D eigenvalue weighted by molar-refractivity contribution is 6.01. The Labute approximate surface area is 151 Å². The van der Waals surface area contributed by atoms with Gasteiger partial charge in [0.25, 0.3) is 5.91 Å². The molecule has 3 rings (SSSR count). The molecule has 2 N–H and O–H groups in total. The summed E-state index contributed by atoms with van der Waals surface area (Å²) in [7, 11) is 0. The minimum absolute atomic E-state index is 0.0288. The second-order valence-electron chi connectivity index (χ2n) is 7.54. The molecular formula is C19H23N3O4. The Morgan fingerprint density at radius 2 is 2.00 bits per heavy atom. The first kappa shape index (κ1) is 18.0. The second kappa shape index (κ2) is 6.48. The van der Waals surface area contributed by atoms with Crippen molar-refractivity contribution in [2.45, 2.75) is 44.8 Å². The molecule has 0 saturated carbocycles. The summed E-state index contributed by atoms with van der Waals surface area (Å²) in [6.07, 6.45) is 1.61. The number of fused-ring (bicyclic) bond motifs is 1. The van der Waals surface area contributed by atoms with Crippen molar-refractivity contribution >= 4 is 28.8 Å². The fourth-order valence-corrected chi connectivity index (χ4v) is 3.12. The molecule has 2 aromatic rings. The third kappa shape index (κ3) is 3.56. The van der Waals surface area contributed by atoms with Gasteiger partial charge in [-0.1, -0.05) is 18.2 Å². The first-order chi connectivity index (χ1) is 12.2. The van der Waals surface area contributed by atoms with E-state index in [9.17, 15) is 14.4 Å². The maximum atomic E-state index is 13.2. The number of para-hydroxylation sites is 1. The van der Waals surface area contributed by atoms with Gasteiger partial charge in [-0.15, -0.1) is 0 Å². The van der Waals surface area contributed by atoms with Crippen LogP contribution in [0.4, 0.5) is 4.79 Å². The van der Waals surface area contributed by atoms with E-state index >= 15 is 0 Å². The van der Waals surface area contributed by atoms with E-state index in [0.717, 1.165) is 10.9 Å². The third-order valence-corrected chi connectivity index (χ3v) is 4.32. The molecule has 2 heterocycles. The van der Waals surface area contributed by atoms with E-state index in [1.54, 1.807) is 27.0 Å². The molecule has 1 saturated heterocycles. The Morgan fingerprint density at radius 1 is 1.27 bits per heavy atom. The normalized spacial score (nSPS) is 20.0. The molecule has 138 valence electrons. The van der Waals surface area contributed by atoms with Crippen molar-refractivity contribution in [2.75, 3.05) is 6.54 Å². The van der Waals surface area contributed by atoms with Crippen molar-refractivity contribution in [3.63, 3.8) is 0 Å². The van der Waals surface area contributed by atoms with E-state index in [-0.39, 0.29) is 24.8 Å². The molecule has 0 bridgehead atoms. The molecule has 7 heteroatoms. The molecule has 1 fully saturated rings. The topological polar surface area (TPSA) is 89.4 Å². The minimum atomic E-state index is -1.18. The van der Waals surface area contributed by atoms with Crippen molar-refractivity contribution in [3.8, 4) is 0 Å². The maximum Gasteiger partial charge on any atom is 0.407 e. The molecule has 7 nitrogen and oxygen atoms in total. The molecule has 1 aromatic carbocycles. The summed E-state index contributed by atoms with van der Waals surface area (Å²) >= 11 is 0. The van der Waals surface area contributed by atoms with Gasteiger partial charge in [-0.05, 0) is 39.3 Å². The van der Waals surface area contributed by atoms with E-state index in [2.05, 4.69) is 10.6 Å². The Bertz CT molecular complexity index is 865. The van der Waals surface area contributed by atoms with Crippen LogP contribution in [0.2, 0.25) is 0 Å². The molecule has 1 unspecified atom stereocenters. The number of carbonyl (C=O) groups excluding carboxylic acids is 3. The van der Waals surface area contributed by atoms with Crippen molar-refractivity contribution in [1.29, 1.82) is 0 Å². The summed E-state index contributed by atoms with van der Waals surface area (Å²) in [6.45, 7) is 5.25. The lowest BCUT2D eigenvalue weighted by Crippen LogP contribution is -2.58. The molecule has 26 heavy (non-hydrogen) atoms. The Kier molecular flexibility index (Phi) is 4.48. The summed E-state index contributed by atoms with van der Waals surface area (Å²) in [5, 5.41) is 6.31. The third-order valence-electron chi connectivity index (χ3n) is 4.32. The number of hydrogen-bond acceptors (Lipinski definition) is 4. The van der Waals surface area contributed by atoms with Gasteiger partial charge in [-0.25, -0.2) is 4.79 Å². The number of alkyl carbamates (subject to hydrolysis) is 1. The monoisotopic (exact) mass is 357 g/mol. The van der Waals surface area contributed by atoms with E-state index in [1.807, 2.05) is 30.3 Å². The zero-order chi connectivity index (χ0) is 18.9. The van der Waals surface area contributed by atoms with Crippen LogP contribution in [0.5, 0.6) is 0 Å². The van der Waals surface area contributed by atoms with Crippen LogP contribution in [0, 0.1) is 0 Å². The van der Waals surface area contributed by atoms with Gasteiger partial charge in [-0.2, -0.15) is 0 Å². The average Bonchev–Trinajstić information content (AvgIpc) is 3.15. The van der Waals surface area contributed by atoms with Gasteiger partial charge in [0.15, 0.2) is 0 Å². The summed E-state index contributed by atoms with van der Waals surface area (Å²) in [6, 6.07) is 9.36. The van der Waals surface area contributed by atoms with Gasteiger partial charge >= 0.3 is 6.09 Å². The van der Waals surface area contributed by atoms with Crippen LogP contribution in [-0.2, 0) is 9.53 Å². The molecule has 0 aliphatic carbocycles. The van der Waals surface area contributed by atoms with Crippen LogP contribution in [0.3, 0.4) is 0 Å². The number of carbonyl (C=O) groups is 3. The first-order valence-corrected chi connectivity index (χ1v) is 8.59. The predicted molar refractivity (Wildman–Crippen MR) is 96.9 cm³/mol. The fourth-order valence-electron chi connectivity index (χ4n) is 3.12. The van der Waals surface area contributed by atoms with E-state index < -0.39 is 17.2 Å². The first-order valence-electron chi connectivity index (χ1n) is 8.59. The van der Waals surface area contributed by atoms with E-state index in [1.165, 1.54) is 4.57 Å². The molecule has 0 spiro atoms. The highest BCUT2D eigenvalue weighted by atomic mass is 16.6. The van der Waals surface area contributed by atoms with Crippen LogP contribution in [0.25, 0.3) is 10.9 Å². The summed E-state index contributed by atoms with van der Waals surface area (Å²) in [4.78, 5) is 37.1. The van der Waals surface area contributed by atoms with E-state index in [0.29, 0.717) is 6.42 Å². The molecule has 1 aliphatic rings. The van der Waals surface area contributed by atoms with Crippen molar-refractivity contribution in [1.82, 2.24) is 15.2 Å². The molecule has 2 amide bonds. The number of ether oxygens (including phenoxy) is 1. The number of amides is 2. The lowest BCUT2D eigenvalue weighted by Gasteiger charge is -2.29. The van der Waals surface area contributed by atoms with Gasteiger partial charge in [0.1, 0.15) is 11.1 Å². The number of hydrogen-bond donors (Lipinski definition) is 2. The molecular weight excluding hydrogens is 334 g/mol. The second-order valence-corrected chi connectivity index (χ2v) is 7.54. The molecule has 1 aromatic heterocycles. The number of benzene rings is 1. The summed E-state index contributed by atoms with van der Waals surface area (Å²) in [5.74, 6) is -0.485. The van der Waals surface area contributed by atoms with Gasteiger partial charge in [0, 0.05) is 18.0 Å². The standard InChI is InChI=1S/C19H23N3O4/c1-18(2,3)26-17(25)20-12-19(10-8-15(23)21-19)16(24)22-11-9-13-6-4-5-7-14(13)22/h4-7,9,11H,8,10,12H2,1-3H3,(H,20,25)(H,21,23). The summed E-state index contributed by atoms with van der Waals surface area (Å²) < 4.78 is 6.75. The lowest BCUT2D eigenvalue weighted by atomic mass is 9.96. The fraction of sp³-hybridized carbons (Fsp3) is 0.421. The zero-order valence-electron chi connectivity index (χ0n) is 15.2. The lowest BCUT2D eigenvalue weighted by molar-refractivity contribution is -0.119. The van der Waals surface area contributed by atoms with Gasteiger partial charge in [0.2, 0.25) is 5.91 Å². The van der Waals surface area contributed by atoms with Crippen LogP contribution in [0.1, 0.15) is 38.4 Å². The maximum absolute atomic E-state index is 13.2. The Hall–Kier alpha value is -2.83. The van der Waals surface area contributed by atoms with Gasteiger partial charge in [0.05, 0.1) is 12.1 Å². The van der Waals surface area contributed by atoms with Crippen LogP contribution >= 0.6 is 0 Å². The quantitative estimate of drug-likeness (QED) is 0.883. The smallest absolute Gasteiger partial charge is 0.407 e. The van der Waals surface area contributed by atoms with Crippen LogP contribution in [-0.4, -0.2) is 40.2 Å². The number of nitrogens with one attached hydrogen (secondary N) is 2. The SMILES string of the molecule is CC(C)(C)OC(=O)NCC1(C(=O)n2ccc3ccccc32)CCC(=O)N1. The van der Waals surface area contributed by atoms with Crippen LogP contribution < -0.4 is 10.6 Å². The molecule has 1 aliphatic heterocycles. The predicted octanol–water partition coefficient (Wildman–Crippen LogP) is 2.46. The van der Waals surface area contributed by atoms with Crippen molar-refractivity contribution in [3.05, 3.63) is 36.5 Å². The van der Waals surface area contributed by atoms with Crippen LogP contribution in [0.15, 0.2) is 36.5 Å². The molecule has 1 atom stereocenters. The number of nitrogens with zero attached hydrogens (tertiary/aromatic N) is 1. The largest absolute Gasteiger partial charge is 0.444 e. The van der Waals surface area contributed by atoms with Gasteiger partial charge in [-0.3, -0.25) is 14.2 Å². The van der Waals surface area contributed by atoms with Gasteiger partial charge < -0.3 is 15.4 Å².